The van der Waals surface area contributed by atoms with Crippen LogP contribution in [0.2, 0.25) is 0 Å². The molecular formula is C23H20FN5O2. The lowest BCUT2D eigenvalue weighted by molar-refractivity contribution is 0.0955. The monoisotopic (exact) mass is 417 g/mol. The Kier molecular flexibility index (Phi) is 6.18. The first kappa shape index (κ1) is 20.1. The van der Waals surface area contributed by atoms with Gasteiger partial charge in [-0.25, -0.2) is 4.39 Å². The number of ether oxygens (including phenoxy) is 1. The van der Waals surface area contributed by atoms with Crippen molar-refractivity contribution in [3.63, 3.8) is 0 Å². The normalized spacial score (nSPS) is 10.5. The predicted octanol–water partition coefficient (Wildman–Crippen LogP) is 4.04. The summed E-state index contributed by atoms with van der Waals surface area (Å²) in [6.07, 6.45) is 3.79. The highest BCUT2D eigenvalue weighted by molar-refractivity contribution is 5.94. The molecule has 2 heterocycles. The van der Waals surface area contributed by atoms with E-state index >= 15 is 0 Å². The van der Waals surface area contributed by atoms with Gasteiger partial charge in [-0.1, -0.05) is 6.07 Å². The van der Waals surface area contributed by atoms with Gasteiger partial charge in [-0.15, -0.1) is 10.2 Å². The Hall–Kier alpha value is -4.20. The van der Waals surface area contributed by atoms with Crippen molar-refractivity contribution < 1.29 is 13.9 Å². The number of hydrogen-bond acceptors (Lipinski definition) is 5. The molecule has 8 heteroatoms. The molecule has 0 radical (unpaired) electrons. The molecule has 0 atom stereocenters. The molecule has 1 amide bonds. The van der Waals surface area contributed by atoms with Crippen LogP contribution in [0.1, 0.15) is 10.4 Å². The molecule has 31 heavy (non-hydrogen) atoms. The number of benzene rings is 2. The minimum atomic E-state index is -0.336. The van der Waals surface area contributed by atoms with Crippen LogP contribution in [0.5, 0.6) is 11.5 Å². The molecule has 0 unspecified atom stereocenters. The number of hydrogen-bond donors (Lipinski definition) is 2. The molecule has 0 bridgehead atoms. The van der Waals surface area contributed by atoms with Gasteiger partial charge in [-0.05, 0) is 66.7 Å². The molecule has 2 aromatic carbocycles. The van der Waals surface area contributed by atoms with E-state index in [1.165, 1.54) is 24.3 Å². The Bertz CT molecular complexity index is 1130. The Morgan fingerprint density at radius 3 is 2.45 bits per heavy atom. The molecule has 7 nitrogen and oxygen atoms in total. The number of carbonyl (C=O) groups is 1. The largest absolute Gasteiger partial charge is 0.457 e. The van der Waals surface area contributed by atoms with Crippen molar-refractivity contribution in [3.05, 3.63) is 96.6 Å². The van der Waals surface area contributed by atoms with Gasteiger partial charge in [0.15, 0.2) is 5.82 Å². The molecule has 0 aliphatic heterocycles. The number of amides is 1. The van der Waals surface area contributed by atoms with E-state index in [0.717, 1.165) is 5.82 Å². The Morgan fingerprint density at radius 2 is 1.71 bits per heavy atom. The summed E-state index contributed by atoms with van der Waals surface area (Å²) in [5.41, 5.74) is 0.468. The van der Waals surface area contributed by atoms with Crippen LogP contribution >= 0.6 is 0 Å². The fraction of sp³-hybridized carbons (Fsp3) is 0.0870. The molecule has 0 saturated heterocycles. The van der Waals surface area contributed by atoms with E-state index in [1.807, 2.05) is 41.2 Å². The van der Waals surface area contributed by atoms with E-state index in [2.05, 4.69) is 20.8 Å². The topological polar surface area (TPSA) is 81.1 Å². The summed E-state index contributed by atoms with van der Waals surface area (Å²) in [5, 5.41) is 14.3. The lowest BCUT2D eigenvalue weighted by atomic mass is 10.2. The van der Waals surface area contributed by atoms with E-state index in [9.17, 15) is 9.18 Å². The SMILES string of the molecule is O=C(NCCNc1ccc(-n2cccc2)nn1)c1cccc(Oc2ccc(F)cc2)c1. The highest BCUT2D eigenvalue weighted by atomic mass is 19.1. The van der Waals surface area contributed by atoms with Gasteiger partial charge >= 0.3 is 0 Å². The third kappa shape index (κ3) is 5.45. The van der Waals surface area contributed by atoms with Crippen molar-refractivity contribution in [1.82, 2.24) is 20.1 Å². The standard InChI is InChI=1S/C23H20FN5O2/c24-18-6-8-19(9-7-18)31-20-5-3-4-17(16-20)23(30)26-13-12-25-21-10-11-22(28-27-21)29-14-1-2-15-29/h1-11,14-16H,12-13H2,(H,25,27)(H,26,30). The first-order valence-corrected chi connectivity index (χ1v) is 9.70. The van der Waals surface area contributed by atoms with Crippen molar-refractivity contribution in [2.24, 2.45) is 0 Å². The van der Waals surface area contributed by atoms with Gasteiger partial charge in [0.25, 0.3) is 5.91 Å². The number of aromatic nitrogens is 3. The number of anilines is 1. The Labute approximate surface area is 178 Å². The maximum absolute atomic E-state index is 13.0. The van der Waals surface area contributed by atoms with Gasteiger partial charge in [0.05, 0.1) is 0 Å². The van der Waals surface area contributed by atoms with Crippen LogP contribution in [0.15, 0.2) is 85.2 Å². The van der Waals surface area contributed by atoms with Crippen molar-refractivity contribution >= 4 is 11.7 Å². The van der Waals surface area contributed by atoms with Gasteiger partial charge in [0, 0.05) is 31.0 Å². The third-order valence-corrected chi connectivity index (χ3v) is 4.38. The maximum Gasteiger partial charge on any atom is 0.251 e. The second-order valence-electron chi connectivity index (χ2n) is 6.63. The van der Waals surface area contributed by atoms with Crippen molar-refractivity contribution in [2.75, 3.05) is 18.4 Å². The van der Waals surface area contributed by atoms with Crippen LogP contribution in [0.3, 0.4) is 0 Å². The summed E-state index contributed by atoms with van der Waals surface area (Å²) >= 11 is 0. The molecule has 0 fully saturated rings. The predicted molar refractivity (Wildman–Crippen MR) is 115 cm³/mol. The first-order valence-electron chi connectivity index (χ1n) is 9.70. The minimum absolute atomic E-state index is 0.222. The summed E-state index contributed by atoms with van der Waals surface area (Å²) in [4.78, 5) is 12.4. The van der Waals surface area contributed by atoms with E-state index < -0.39 is 0 Å². The minimum Gasteiger partial charge on any atom is -0.457 e. The molecule has 0 aliphatic rings. The zero-order chi connectivity index (χ0) is 21.5. The quantitative estimate of drug-likeness (QED) is 0.423. The van der Waals surface area contributed by atoms with Crippen LogP contribution in [0.25, 0.3) is 5.82 Å². The Morgan fingerprint density at radius 1 is 0.903 bits per heavy atom. The van der Waals surface area contributed by atoms with Crippen molar-refractivity contribution in [1.29, 1.82) is 0 Å². The van der Waals surface area contributed by atoms with Gasteiger partial charge in [0.2, 0.25) is 0 Å². The van der Waals surface area contributed by atoms with E-state index in [-0.39, 0.29) is 11.7 Å². The average molecular weight is 417 g/mol. The number of halogens is 1. The second-order valence-corrected chi connectivity index (χ2v) is 6.63. The van der Waals surface area contributed by atoms with Crippen LogP contribution < -0.4 is 15.4 Å². The number of rotatable bonds is 8. The molecular weight excluding hydrogens is 397 g/mol. The van der Waals surface area contributed by atoms with Crippen LogP contribution in [-0.4, -0.2) is 33.8 Å². The maximum atomic E-state index is 13.0. The van der Waals surface area contributed by atoms with Gasteiger partial charge < -0.3 is 19.9 Å². The van der Waals surface area contributed by atoms with Crippen LogP contribution in [0.4, 0.5) is 10.2 Å². The highest BCUT2D eigenvalue weighted by Gasteiger charge is 2.07. The molecule has 4 aromatic rings. The smallest absolute Gasteiger partial charge is 0.251 e. The van der Waals surface area contributed by atoms with Crippen LogP contribution in [-0.2, 0) is 0 Å². The highest BCUT2D eigenvalue weighted by Crippen LogP contribution is 2.22. The number of nitrogens with one attached hydrogen (secondary N) is 2. The van der Waals surface area contributed by atoms with E-state index in [4.69, 9.17) is 4.74 Å². The summed E-state index contributed by atoms with van der Waals surface area (Å²) in [6, 6.07) is 20.0. The fourth-order valence-corrected chi connectivity index (χ4v) is 2.85. The summed E-state index contributed by atoms with van der Waals surface area (Å²) < 4.78 is 20.5. The molecule has 2 aromatic heterocycles. The molecule has 0 aliphatic carbocycles. The number of carbonyl (C=O) groups excluding carboxylic acids is 1. The third-order valence-electron chi connectivity index (χ3n) is 4.38. The van der Waals surface area contributed by atoms with Gasteiger partial charge in [-0.3, -0.25) is 4.79 Å². The van der Waals surface area contributed by atoms with Gasteiger partial charge in [0.1, 0.15) is 23.1 Å². The summed E-state index contributed by atoms with van der Waals surface area (Å²) in [5.74, 6) is 1.78. The lowest BCUT2D eigenvalue weighted by Crippen LogP contribution is -2.28. The van der Waals surface area contributed by atoms with E-state index in [1.54, 1.807) is 24.3 Å². The first-order chi connectivity index (χ1) is 15.2. The number of nitrogens with zero attached hydrogens (tertiary/aromatic N) is 3. The fourth-order valence-electron chi connectivity index (χ4n) is 2.85. The molecule has 156 valence electrons. The molecule has 0 saturated carbocycles. The summed E-state index contributed by atoms with van der Waals surface area (Å²) in [6.45, 7) is 0.901. The lowest BCUT2D eigenvalue weighted by Gasteiger charge is -2.09. The Balaban J connectivity index is 1.25. The van der Waals surface area contributed by atoms with Gasteiger partial charge in [-0.2, -0.15) is 0 Å². The van der Waals surface area contributed by atoms with Crippen LogP contribution in [0, 0.1) is 5.82 Å². The molecule has 0 spiro atoms. The molecule has 2 N–H and O–H groups in total. The molecule has 4 rings (SSSR count). The van der Waals surface area contributed by atoms with Crippen molar-refractivity contribution in [2.45, 2.75) is 0 Å². The summed E-state index contributed by atoms with van der Waals surface area (Å²) in [7, 11) is 0. The average Bonchev–Trinajstić information content (AvgIpc) is 3.34. The zero-order valence-corrected chi connectivity index (χ0v) is 16.5. The second kappa shape index (κ2) is 9.53. The zero-order valence-electron chi connectivity index (χ0n) is 16.5. The van der Waals surface area contributed by atoms with E-state index in [0.29, 0.717) is 36.0 Å². The van der Waals surface area contributed by atoms with Crippen molar-refractivity contribution in [3.8, 4) is 17.3 Å².